The Kier molecular flexibility index (Phi) is 3.73. The number of aromatic nitrogens is 4. The molecule has 5 nitrogen and oxygen atoms in total. The van der Waals surface area contributed by atoms with Crippen LogP contribution < -0.4 is 5.32 Å². The molecule has 0 saturated carbocycles. The van der Waals surface area contributed by atoms with Gasteiger partial charge in [0.2, 0.25) is 5.13 Å². The number of hydrogen-bond donors (Lipinski definition) is 1. The Hall–Kier alpha value is -2.21. The summed E-state index contributed by atoms with van der Waals surface area (Å²) in [4.78, 5) is 4.27. The molecule has 0 aliphatic carbocycles. The Bertz CT molecular complexity index is 674. The Balaban J connectivity index is 1.59. The minimum absolute atomic E-state index is 0.712. The van der Waals surface area contributed by atoms with Gasteiger partial charge in [0.1, 0.15) is 5.82 Å². The molecule has 6 heteroatoms. The van der Waals surface area contributed by atoms with Gasteiger partial charge in [-0.3, -0.25) is 4.68 Å². The van der Waals surface area contributed by atoms with Crippen LogP contribution in [-0.2, 0) is 13.1 Å². The maximum atomic E-state index is 4.37. The lowest BCUT2D eigenvalue weighted by molar-refractivity contribution is 0.686. The van der Waals surface area contributed by atoms with Crippen molar-refractivity contribution >= 4 is 16.7 Å². The Morgan fingerprint density at radius 3 is 2.80 bits per heavy atom. The first-order valence-electron chi connectivity index (χ1n) is 6.39. The summed E-state index contributed by atoms with van der Waals surface area (Å²) in [5.41, 5.74) is 2.38. The van der Waals surface area contributed by atoms with Gasteiger partial charge in [-0.15, -0.1) is 0 Å². The van der Waals surface area contributed by atoms with Crippen molar-refractivity contribution in [2.24, 2.45) is 0 Å². The van der Waals surface area contributed by atoms with Gasteiger partial charge in [-0.2, -0.15) is 9.47 Å². The molecule has 0 spiro atoms. The van der Waals surface area contributed by atoms with E-state index in [1.165, 1.54) is 17.1 Å². The lowest BCUT2D eigenvalue weighted by atomic mass is 10.2. The molecule has 0 aliphatic heterocycles. The molecule has 0 radical (unpaired) electrons. The monoisotopic (exact) mass is 285 g/mol. The van der Waals surface area contributed by atoms with Crippen LogP contribution in [0.3, 0.4) is 0 Å². The topological polar surface area (TPSA) is 55.6 Å². The molecule has 2 heterocycles. The van der Waals surface area contributed by atoms with Crippen LogP contribution in [0.4, 0.5) is 5.13 Å². The van der Waals surface area contributed by atoms with Crippen molar-refractivity contribution < 1.29 is 0 Å². The molecule has 102 valence electrons. The van der Waals surface area contributed by atoms with Crippen LogP contribution in [0.1, 0.15) is 17.0 Å². The second-order valence-electron chi connectivity index (χ2n) is 4.53. The van der Waals surface area contributed by atoms with Crippen LogP contribution in [-0.4, -0.2) is 19.1 Å². The van der Waals surface area contributed by atoms with Gasteiger partial charge in [-0.1, -0.05) is 30.3 Å². The molecule has 3 aromatic rings. The summed E-state index contributed by atoms with van der Waals surface area (Å²) in [6.45, 7) is 3.39. The van der Waals surface area contributed by atoms with Crippen molar-refractivity contribution in [2.45, 2.75) is 20.0 Å². The second-order valence-corrected chi connectivity index (χ2v) is 5.28. The maximum absolute atomic E-state index is 4.37. The number of rotatable bonds is 5. The molecule has 0 fully saturated rings. The van der Waals surface area contributed by atoms with E-state index in [2.05, 4.69) is 31.9 Å². The number of nitrogens with zero attached hydrogens (tertiary/aromatic N) is 4. The molecule has 0 aliphatic rings. The quantitative estimate of drug-likeness (QED) is 0.783. The van der Waals surface area contributed by atoms with E-state index >= 15 is 0 Å². The van der Waals surface area contributed by atoms with Gasteiger partial charge in [0.25, 0.3) is 0 Å². The fourth-order valence-corrected chi connectivity index (χ4v) is 2.47. The highest BCUT2D eigenvalue weighted by atomic mass is 32.1. The predicted molar refractivity (Wildman–Crippen MR) is 79.7 cm³/mol. The van der Waals surface area contributed by atoms with Crippen LogP contribution >= 0.6 is 11.5 Å². The molecular formula is C14H15N5S. The van der Waals surface area contributed by atoms with Crippen molar-refractivity contribution in [2.75, 3.05) is 5.32 Å². The summed E-state index contributed by atoms with van der Waals surface area (Å²) >= 11 is 1.38. The smallest absolute Gasteiger partial charge is 0.202 e. The zero-order chi connectivity index (χ0) is 13.8. The molecule has 0 unspecified atom stereocenters. The van der Waals surface area contributed by atoms with Crippen molar-refractivity contribution in [1.29, 1.82) is 0 Å². The summed E-state index contributed by atoms with van der Waals surface area (Å²) in [5, 5.41) is 8.47. The van der Waals surface area contributed by atoms with Gasteiger partial charge in [0.15, 0.2) is 0 Å². The molecule has 0 saturated heterocycles. The highest BCUT2D eigenvalue weighted by Gasteiger charge is 2.02. The Morgan fingerprint density at radius 1 is 1.20 bits per heavy atom. The molecular weight excluding hydrogens is 270 g/mol. The largest absolute Gasteiger partial charge is 0.356 e. The zero-order valence-electron chi connectivity index (χ0n) is 11.2. The zero-order valence-corrected chi connectivity index (χ0v) is 12.0. The van der Waals surface area contributed by atoms with E-state index in [1.54, 1.807) is 0 Å². The molecule has 0 atom stereocenters. The third kappa shape index (κ3) is 3.21. The molecule has 0 amide bonds. The molecule has 1 aromatic carbocycles. The summed E-state index contributed by atoms with van der Waals surface area (Å²) in [6, 6.07) is 10.3. The summed E-state index contributed by atoms with van der Waals surface area (Å²) in [7, 11) is 0. The minimum atomic E-state index is 0.712. The van der Waals surface area contributed by atoms with Crippen molar-refractivity contribution in [3.63, 3.8) is 0 Å². The fraction of sp³-hybridized carbons (Fsp3) is 0.214. The van der Waals surface area contributed by atoms with Gasteiger partial charge >= 0.3 is 0 Å². The fourth-order valence-electron chi connectivity index (χ4n) is 1.90. The molecule has 0 bridgehead atoms. The lowest BCUT2D eigenvalue weighted by Crippen LogP contribution is -2.00. The number of hydrogen-bond acceptors (Lipinski definition) is 5. The minimum Gasteiger partial charge on any atom is -0.356 e. The average Bonchev–Trinajstić information content (AvgIpc) is 3.07. The number of anilines is 1. The summed E-state index contributed by atoms with van der Waals surface area (Å²) < 4.78 is 6.08. The second kappa shape index (κ2) is 5.83. The first-order chi connectivity index (χ1) is 9.79. The number of nitrogens with one attached hydrogen (secondary N) is 1. The Labute approximate surface area is 121 Å². The van der Waals surface area contributed by atoms with Gasteiger partial charge in [-0.05, 0) is 12.5 Å². The van der Waals surface area contributed by atoms with Crippen LogP contribution in [0.25, 0.3) is 0 Å². The van der Waals surface area contributed by atoms with E-state index in [4.69, 9.17) is 0 Å². The van der Waals surface area contributed by atoms with Crippen LogP contribution in [0.5, 0.6) is 0 Å². The highest BCUT2D eigenvalue weighted by molar-refractivity contribution is 7.09. The van der Waals surface area contributed by atoms with E-state index in [9.17, 15) is 0 Å². The normalized spacial score (nSPS) is 10.7. The molecule has 1 N–H and O–H groups in total. The van der Waals surface area contributed by atoms with Crippen molar-refractivity contribution in [3.05, 3.63) is 59.7 Å². The van der Waals surface area contributed by atoms with Crippen molar-refractivity contribution in [1.82, 2.24) is 19.1 Å². The van der Waals surface area contributed by atoms with E-state index in [0.717, 1.165) is 23.1 Å². The van der Waals surface area contributed by atoms with Crippen LogP contribution in [0, 0.1) is 6.92 Å². The van der Waals surface area contributed by atoms with Crippen molar-refractivity contribution in [3.8, 4) is 0 Å². The van der Waals surface area contributed by atoms with E-state index < -0.39 is 0 Å². The molecule has 20 heavy (non-hydrogen) atoms. The Morgan fingerprint density at radius 2 is 2.05 bits per heavy atom. The first-order valence-corrected chi connectivity index (χ1v) is 7.16. The maximum Gasteiger partial charge on any atom is 0.202 e. The number of aryl methyl sites for hydroxylation is 1. The number of benzene rings is 1. The third-order valence-electron chi connectivity index (χ3n) is 2.85. The van der Waals surface area contributed by atoms with E-state index in [-0.39, 0.29) is 0 Å². The van der Waals surface area contributed by atoms with Gasteiger partial charge < -0.3 is 5.32 Å². The third-order valence-corrected chi connectivity index (χ3v) is 3.61. The van der Waals surface area contributed by atoms with Gasteiger partial charge in [-0.25, -0.2) is 4.98 Å². The summed E-state index contributed by atoms with van der Waals surface area (Å²) in [6.07, 6.45) is 3.93. The molecule has 3 rings (SSSR count). The first kappa shape index (κ1) is 12.8. The molecule has 2 aromatic heterocycles. The van der Waals surface area contributed by atoms with Gasteiger partial charge in [0, 0.05) is 29.8 Å². The van der Waals surface area contributed by atoms with E-state index in [0.29, 0.717) is 6.54 Å². The highest BCUT2D eigenvalue weighted by Crippen LogP contribution is 2.12. The summed E-state index contributed by atoms with van der Waals surface area (Å²) in [5.74, 6) is 0.803. The average molecular weight is 285 g/mol. The van der Waals surface area contributed by atoms with Crippen LogP contribution in [0.15, 0.2) is 42.7 Å². The predicted octanol–water partition coefficient (Wildman–Crippen LogP) is 2.70. The lowest BCUT2D eigenvalue weighted by Gasteiger charge is -2.01. The van der Waals surface area contributed by atoms with Gasteiger partial charge in [0.05, 0.1) is 12.7 Å². The van der Waals surface area contributed by atoms with E-state index in [1.807, 2.05) is 42.2 Å². The van der Waals surface area contributed by atoms with Crippen LogP contribution in [0.2, 0.25) is 0 Å². The standard InChI is InChI=1S/C14H15N5S/c1-11-17-14(20-18-11)15-7-13-8-16-19(10-13)9-12-5-3-2-4-6-12/h2-6,8,10H,7,9H2,1H3,(H,15,17,18). The SMILES string of the molecule is Cc1nsc(NCc2cnn(Cc3ccccc3)c2)n1.